The summed E-state index contributed by atoms with van der Waals surface area (Å²) in [6.07, 6.45) is 2.88. The molecule has 0 saturated carbocycles. The molecule has 0 bridgehead atoms. The molecule has 3 aromatic rings. The quantitative estimate of drug-likeness (QED) is 0.473. The summed E-state index contributed by atoms with van der Waals surface area (Å²) < 4.78 is 5.62. The van der Waals surface area contributed by atoms with Crippen molar-refractivity contribution in [1.82, 2.24) is 16.2 Å². The number of thiocarbonyl (C=S) groups is 1. The highest BCUT2D eigenvalue weighted by Crippen LogP contribution is 2.29. The molecule has 6 heteroatoms. The molecule has 136 valence electrons. The third-order valence-corrected chi connectivity index (χ3v) is 4.46. The fourth-order valence-corrected chi connectivity index (χ4v) is 3.02. The minimum absolute atomic E-state index is 0.173. The van der Waals surface area contributed by atoms with Crippen LogP contribution in [0, 0.1) is 5.92 Å². The van der Waals surface area contributed by atoms with Crippen molar-refractivity contribution in [2.24, 2.45) is 5.92 Å². The Hall–Kier alpha value is -2.60. The van der Waals surface area contributed by atoms with Gasteiger partial charge in [0.1, 0.15) is 5.58 Å². The van der Waals surface area contributed by atoms with Crippen LogP contribution in [0.5, 0.6) is 0 Å². The number of hydrogen-bond acceptors (Lipinski definition) is 3. The Labute approximate surface area is 158 Å². The van der Waals surface area contributed by atoms with Gasteiger partial charge in [-0.15, -0.1) is 0 Å². The molecule has 0 spiro atoms. The normalized spacial score (nSPS) is 11.0. The maximum Gasteiger partial charge on any atom is 0.242 e. The van der Waals surface area contributed by atoms with Crippen LogP contribution in [0.25, 0.3) is 21.7 Å². The monoisotopic (exact) mass is 369 g/mol. The average molecular weight is 369 g/mol. The summed E-state index contributed by atoms with van der Waals surface area (Å²) in [4.78, 5) is 12.3. The lowest BCUT2D eigenvalue weighted by atomic mass is 10.0. The van der Waals surface area contributed by atoms with E-state index >= 15 is 0 Å². The maximum atomic E-state index is 12.3. The molecule has 5 nitrogen and oxygen atoms in total. The molecule has 1 amide bonds. The van der Waals surface area contributed by atoms with Gasteiger partial charge in [-0.25, -0.2) is 0 Å². The lowest BCUT2D eigenvalue weighted by Crippen LogP contribution is -2.47. The second kappa shape index (κ2) is 8.19. The smallest absolute Gasteiger partial charge is 0.242 e. The Kier molecular flexibility index (Phi) is 5.73. The lowest BCUT2D eigenvalue weighted by Gasteiger charge is -2.12. The van der Waals surface area contributed by atoms with Crippen molar-refractivity contribution in [1.29, 1.82) is 0 Å². The first-order chi connectivity index (χ1) is 12.5. The summed E-state index contributed by atoms with van der Waals surface area (Å²) >= 11 is 5.16. The lowest BCUT2D eigenvalue weighted by molar-refractivity contribution is -0.121. The molecule has 0 aliphatic carbocycles. The Morgan fingerprint density at radius 2 is 1.96 bits per heavy atom. The van der Waals surface area contributed by atoms with Gasteiger partial charge in [0, 0.05) is 17.5 Å². The SMILES string of the molecule is CC(C)CCNC(=S)NNC(=O)Cc1coc2ccc3ccccc3c12. The van der Waals surface area contributed by atoms with Gasteiger partial charge in [0.2, 0.25) is 5.91 Å². The van der Waals surface area contributed by atoms with Gasteiger partial charge >= 0.3 is 0 Å². The van der Waals surface area contributed by atoms with Gasteiger partial charge in [0.25, 0.3) is 0 Å². The molecule has 3 N–H and O–H groups in total. The molecule has 0 aliphatic rings. The molecular formula is C20H23N3O2S. The van der Waals surface area contributed by atoms with Gasteiger partial charge in [0.15, 0.2) is 5.11 Å². The molecule has 0 fully saturated rings. The van der Waals surface area contributed by atoms with Crippen molar-refractivity contribution in [2.45, 2.75) is 26.7 Å². The summed E-state index contributed by atoms with van der Waals surface area (Å²) in [5.41, 5.74) is 7.02. The number of rotatable bonds is 5. The summed E-state index contributed by atoms with van der Waals surface area (Å²) in [6.45, 7) is 5.08. The van der Waals surface area contributed by atoms with E-state index in [9.17, 15) is 4.79 Å². The zero-order chi connectivity index (χ0) is 18.5. The topological polar surface area (TPSA) is 66.3 Å². The number of amides is 1. The van der Waals surface area contributed by atoms with Crippen molar-refractivity contribution < 1.29 is 9.21 Å². The summed E-state index contributed by atoms with van der Waals surface area (Å²) in [5, 5.41) is 6.68. The van der Waals surface area contributed by atoms with Gasteiger partial charge in [-0.3, -0.25) is 15.6 Å². The van der Waals surface area contributed by atoms with Gasteiger partial charge in [-0.2, -0.15) is 0 Å². The molecule has 0 aliphatic heterocycles. The highest BCUT2D eigenvalue weighted by Gasteiger charge is 2.13. The van der Waals surface area contributed by atoms with E-state index in [1.54, 1.807) is 6.26 Å². The van der Waals surface area contributed by atoms with Crippen molar-refractivity contribution in [2.75, 3.05) is 6.54 Å². The molecule has 0 radical (unpaired) electrons. The Morgan fingerprint density at radius 3 is 2.77 bits per heavy atom. The molecule has 0 saturated heterocycles. The minimum atomic E-state index is -0.173. The summed E-state index contributed by atoms with van der Waals surface area (Å²) in [7, 11) is 0. The Bertz CT molecular complexity index is 933. The van der Waals surface area contributed by atoms with Crippen LogP contribution in [0.15, 0.2) is 47.1 Å². The van der Waals surface area contributed by atoms with E-state index < -0.39 is 0 Å². The highest BCUT2D eigenvalue weighted by molar-refractivity contribution is 7.80. The number of furan rings is 1. The molecule has 1 aromatic heterocycles. The van der Waals surface area contributed by atoms with Gasteiger partial charge in [-0.05, 0) is 41.4 Å². The first-order valence-electron chi connectivity index (χ1n) is 8.75. The standard InChI is InChI=1S/C20H23N3O2S/c1-13(2)9-10-21-20(26)23-22-18(24)11-15-12-25-17-8-7-14-5-3-4-6-16(14)19(15)17/h3-8,12-13H,9-11H2,1-2H3,(H,22,24)(H2,21,23,26). The number of hydrazine groups is 1. The van der Waals surface area contributed by atoms with E-state index in [0.717, 1.165) is 40.3 Å². The third-order valence-electron chi connectivity index (χ3n) is 4.21. The van der Waals surface area contributed by atoms with Crippen LogP contribution < -0.4 is 16.2 Å². The molecule has 0 atom stereocenters. The molecule has 1 heterocycles. The van der Waals surface area contributed by atoms with Crippen LogP contribution in [-0.4, -0.2) is 17.6 Å². The number of fused-ring (bicyclic) bond motifs is 3. The van der Waals surface area contributed by atoms with Crippen LogP contribution in [0.3, 0.4) is 0 Å². The molecule has 2 aromatic carbocycles. The summed E-state index contributed by atoms with van der Waals surface area (Å²) in [5.74, 6) is 0.428. The van der Waals surface area contributed by atoms with E-state index in [4.69, 9.17) is 16.6 Å². The van der Waals surface area contributed by atoms with E-state index in [0.29, 0.717) is 11.0 Å². The fraction of sp³-hybridized carbons (Fsp3) is 0.300. The number of hydrogen-bond donors (Lipinski definition) is 3. The zero-order valence-corrected chi connectivity index (χ0v) is 15.8. The first kappa shape index (κ1) is 18.2. The molecule has 26 heavy (non-hydrogen) atoms. The largest absolute Gasteiger partial charge is 0.464 e. The van der Waals surface area contributed by atoms with Crippen molar-refractivity contribution >= 4 is 45.0 Å². The number of nitrogens with one attached hydrogen (secondary N) is 3. The third kappa shape index (κ3) is 4.32. The predicted octanol–water partition coefficient (Wildman–Crippen LogP) is 3.67. The zero-order valence-electron chi connectivity index (χ0n) is 15.0. The minimum Gasteiger partial charge on any atom is -0.464 e. The van der Waals surface area contributed by atoms with E-state index in [2.05, 4.69) is 36.1 Å². The van der Waals surface area contributed by atoms with Crippen LogP contribution in [0.2, 0.25) is 0 Å². The van der Waals surface area contributed by atoms with Crippen LogP contribution in [-0.2, 0) is 11.2 Å². The van der Waals surface area contributed by atoms with E-state index in [-0.39, 0.29) is 12.3 Å². The van der Waals surface area contributed by atoms with Gasteiger partial charge in [-0.1, -0.05) is 44.2 Å². The second-order valence-corrected chi connectivity index (χ2v) is 7.12. The summed E-state index contributed by atoms with van der Waals surface area (Å²) in [6, 6.07) is 12.0. The van der Waals surface area contributed by atoms with E-state index in [1.165, 1.54) is 0 Å². The van der Waals surface area contributed by atoms with Crippen molar-refractivity contribution in [3.8, 4) is 0 Å². The number of carbonyl (C=O) groups is 1. The maximum absolute atomic E-state index is 12.3. The molecule has 3 rings (SSSR count). The van der Waals surface area contributed by atoms with E-state index in [1.807, 2.05) is 30.3 Å². The van der Waals surface area contributed by atoms with Gasteiger partial charge in [0.05, 0.1) is 12.7 Å². The molecular weight excluding hydrogens is 346 g/mol. The van der Waals surface area contributed by atoms with Crippen LogP contribution in [0.4, 0.5) is 0 Å². The Balaban J connectivity index is 1.63. The number of carbonyl (C=O) groups excluding carboxylic acids is 1. The fourth-order valence-electron chi connectivity index (χ4n) is 2.87. The van der Waals surface area contributed by atoms with Crippen molar-refractivity contribution in [3.63, 3.8) is 0 Å². The average Bonchev–Trinajstić information content (AvgIpc) is 3.03. The predicted molar refractivity (Wildman–Crippen MR) is 109 cm³/mol. The highest BCUT2D eigenvalue weighted by atomic mass is 32.1. The van der Waals surface area contributed by atoms with Crippen LogP contribution in [0.1, 0.15) is 25.8 Å². The van der Waals surface area contributed by atoms with Crippen LogP contribution >= 0.6 is 12.2 Å². The number of benzene rings is 2. The van der Waals surface area contributed by atoms with Gasteiger partial charge < -0.3 is 9.73 Å². The first-order valence-corrected chi connectivity index (χ1v) is 9.16. The van der Waals surface area contributed by atoms with Crippen molar-refractivity contribution in [3.05, 3.63) is 48.2 Å². The second-order valence-electron chi connectivity index (χ2n) is 6.71. The molecule has 0 unspecified atom stereocenters. The Morgan fingerprint density at radius 1 is 1.15 bits per heavy atom.